The molecule has 21 heavy (non-hydrogen) atoms. The lowest BCUT2D eigenvalue weighted by molar-refractivity contribution is 0.351. The molecule has 5 heteroatoms. The van der Waals surface area contributed by atoms with Crippen molar-refractivity contribution in [3.05, 3.63) is 41.3 Å². The summed E-state index contributed by atoms with van der Waals surface area (Å²) >= 11 is 0. The summed E-state index contributed by atoms with van der Waals surface area (Å²) in [6.45, 7) is 9.99. The van der Waals surface area contributed by atoms with Crippen LogP contribution in [0.2, 0.25) is 0 Å². The van der Waals surface area contributed by atoms with Gasteiger partial charge in [-0.2, -0.15) is 4.98 Å². The van der Waals surface area contributed by atoms with Crippen molar-refractivity contribution in [1.82, 2.24) is 15.0 Å². The number of pyridine rings is 1. The second-order valence-corrected chi connectivity index (χ2v) is 4.00. The number of nitrogens with zero attached hydrogens (tertiary/aromatic N) is 3. The lowest BCUT2D eigenvalue weighted by atomic mass is 10.2. The molecule has 116 valence electrons. The van der Waals surface area contributed by atoms with Crippen molar-refractivity contribution in [3.8, 4) is 11.9 Å². The van der Waals surface area contributed by atoms with E-state index < -0.39 is 0 Å². The van der Waals surface area contributed by atoms with E-state index in [-0.39, 0.29) is 0 Å². The number of rotatable bonds is 2. The van der Waals surface area contributed by atoms with Crippen LogP contribution in [0.5, 0.6) is 11.9 Å². The highest BCUT2D eigenvalue weighted by molar-refractivity contribution is 5.18. The van der Waals surface area contributed by atoms with Crippen molar-refractivity contribution in [2.24, 2.45) is 0 Å². The summed E-state index contributed by atoms with van der Waals surface area (Å²) in [6.07, 6.45) is 3.68. The molecule has 0 bridgehead atoms. The van der Waals surface area contributed by atoms with Gasteiger partial charge in [0.2, 0.25) is 5.88 Å². The first-order valence-electron chi connectivity index (χ1n) is 6.87. The van der Waals surface area contributed by atoms with Crippen molar-refractivity contribution in [1.29, 1.82) is 0 Å². The largest absolute Gasteiger partial charge is 0.481 e. The van der Waals surface area contributed by atoms with Gasteiger partial charge in [0, 0.05) is 24.2 Å². The van der Waals surface area contributed by atoms with Gasteiger partial charge in [0.25, 0.3) is 0 Å². The maximum absolute atomic E-state index is 4.91. The predicted octanol–water partition coefficient (Wildman–Crippen LogP) is 3.53. The topological polar surface area (TPSA) is 57.1 Å². The van der Waals surface area contributed by atoms with Crippen LogP contribution in [0, 0.1) is 20.8 Å². The number of aromatic nitrogens is 3. The molecule has 2 aromatic heterocycles. The lowest BCUT2D eigenvalue weighted by Gasteiger charge is -2.01. The molecule has 0 fully saturated rings. The van der Waals surface area contributed by atoms with E-state index in [0.717, 1.165) is 5.69 Å². The van der Waals surface area contributed by atoms with Crippen LogP contribution in [0.1, 0.15) is 30.7 Å². The van der Waals surface area contributed by atoms with E-state index in [1.165, 1.54) is 18.2 Å². The standard InChI is InChI=1S/C7H10N2O2.C7H9N.C2H6/c1-5-4-6(10-2)9-7(8-5)11-3;1-6-3-4-8-5-7(6)2;1-2/h4H,1-3H3;3-5H,1-2H3;1-2H3. The molecule has 2 rings (SSSR count). The summed E-state index contributed by atoms with van der Waals surface area (Å²) in [6, 6.07) is 4.08. The van der Waals surface area contributed by atoms with Crippen LogP contribution in [0.4, 0.5) is 0 Å². The first kappa shape index (κ1) is 18.8. The highest BCUT2D eigenvalue weighted by Crippen LogP contribution is 2.11. The molecule has 0 N–H and O–H groups in total. The van der Waals surface area contributed by atoms with Gasteiger partial charge < -0.3 is 9.47 Å². The zero-order valence-electron chi connectivity index (χ0n) is 14.0. The van der Waals surface area contributed by atoms with Crippen LogP contribution < -0.4 is 9.47 Å². The monoisotopic (exact) mass is 291 g/mol. The van der Waals surface area contributed by atoms with Crippen LogP contribution in [-0.2, 0) is 0 Å². The summed E-state index contributed by atoms with van der Waals surface area (Å²) in [4.78, 5) is 11.8. The Morgan fingerprint density at radius 2 is 1.57 bits per heavy atom. The van der Waals surface area contributed by atoms with Gasteiger partial charge in [0.1, 0.15) is 0 Å². The first-order valence-corrected chi connectivity index (χ1v) is 6.87. The second-order valence-electron chi connectivity index (χ2n) is 4.00. The molecule has 0 radical (unpaired) electrons. The molecule has 0 saturated heterocycles. The Morgan fingerprint density at radius 3 is 2.00 bits per heavy atom. The van der Waals surface area contributed by atoms with E-state index >= 15 is 0 Å². The Labute approximate surface area is 127 Å². The molecule has 0 aromatic carbocycles. The number of ether oxygens (including phenoxy) is 2. The van der Waals surface area contributed by atoms with Crippen molar-refractivity contribution in [2.45, 2.75) is 34.6 Å². The fourth-order valence-corrected chi connectivity index (χ4v) is 1.25. The van der Waals surface area contributed by atoms with E-state index in [9.17, 15) is 0 Å². The molecule has 0 spiro atoms. The van der Waals surface area contributed by atoms with Crippen molar-refractivity contribution in [3.63, 3.8) is 0 Å². The van der Waals surface area contributed by atoms with E-state index in [4.69, 9.17) is 9.47 Å². The van der Waals surface area contributed by atoms with Crippen LogP contribution in [0.15, 0.2) is 24.5 Å². The highest BCUT2D eigenvalue weighted by atomic mass is 16.5. The van der Waals surface area contributed by atoms with E-state index in [2.05, 4.69) is 28.8 Å². The molecule has 2 aromatic rings. The molecular formula is C16H25N3O2. The van der Waals surface area contributed by atoms with Crippen molar-refractivity contribution in [2.75, 3.05) is 14.2 Å². The van der Waals surface area contributed by atoms with Gasteiger partial charge in [0.15, 0.2) is 0 Å². The molecule has 5 nitrogen and oxygen atoms in total. The van der Waals surface area contributed by atoms with Gasteiger partial charge in [0.05, 0.1) is 14.2 Å². The average molecular weight is 291 g/mol. The normalized spacial score (nSPS) is 8.71. The second kappa shape index (κ2) is 10.6. The minimum atomic E-state index is 0.335. The predicted molar refractivity (Wildman–Crippen MR) is 84.9 cm³/mol. The lowest BCUT2D eigenvalue weighted by Crippen LogP contribution is -1.96. The molecular weight excluding hydrogens is 266 g/mol. The fraction of sp³-hybridized carbons (Fsp3) is 0.438. The maximum atomic E-state index is 4.91. The summed E-state index contributed by atoms with van der Waals surface area (Å²) in [5, 5.41) is 0. The Morgan fingerprint density at radius 1 is 0.905 bits per heavy atom. The minimum Gasteiger partial charge on any atom is -0.481 e. The molecule has 0 atom stereocenters. The summed E-state index contributed by atoms with van der Waals surface area (Å²) in [5.74, 6) is 0.523. The summed E-state index contributed by atoms with van der Waals surface area (Å²) in [5.41, 5.74) is 3.39. The van der Waals surface area contributed by atoms with Gasteiger partial charge >= 0.3 is 6.01 Å². The summed E-state index contributed by atoms with van der Waals surface area (Å²) < 4.78 is 9.74. The third-order valence-corrected chi connectivity index (χ3v) is 2.50. The maximum Gasteiger partial charge on any atom is 0.319 e. The number of methoxy groups -OCH3 is 2. The van der Waals surface area contributed by atoms with E-state index in [1.807, 2.05) is 39.2 Å². The fourth-order valence-electron chi connectivity index (χ4n) is 1.25. The molecule has 0 aliphatic heterocycles. The van der Waals surface area contributed by atoms with Crippen LogP contribution in [-0.4, -0.2) is 29.2 Å². The van der Waals surface area contributed by atoms with E-state index in [1.54, 1.807) is 13.2 Å². The third-order valence-electron chi connectivity index (χ3n) is 2.50. The SMILES string of the molecule is CC.COc1cc(C)nc(OC)n1.Cc1ccncc1C. The Hall–Kier alpha value is -2.17. The first-order chi connectivity index (χ1) is 10.1. The molecule has 0 amide bonds. The Balaban J connectivity index is 0.000000354. The minimum absolute atomic E-state index is 0.335. The number of aryl methyl sites for hydroxylation is 3. The average Bonchev–Trinajstić information content (AvgIpc) is 2.52. The Kier molecular flexibility index (Phi) is 9.50. The third kappa shape index (κ3) is 7.25. The molecule has 2 heterocycles. The van der Waals surface area contributed by atoms with Crippen LogP contribution in [0.3, 0.4) is 0 Å². The van der Waals surface area contributed by atoms with Gasteiger partial charge in [-0.1, -0.05) is 13.8 Å². The molecule has 0 saturated carbocycles. The van der Waals surface area contributed by atoms with Gasteiger partial charge in [-0.05, 0) is 38.0 Å². The number of hydrogen-bond acceptors (Lipinski definition) is 5. The van der Waals surface area contributed by atoms with Crippen LogP contribution >= 0.6 is 0 Å². The number of hydrogen-bond donors (Lipinski definition) is 0. The quantitative estimate of drug-likeness (QED) is 0.847. The highest BCUT2D eigenvalue weighted by Gasteiger charge is 1.99. The molecule has 0 aliphatic rings. The van der Waals surface area contributed by atoms with Crippen LogP contribution in [0.25, 0.3) is 0 Å². The zero-order chi connectivity index (χ0) is 16.3. The van der Waals surface area contributed by atoms with Gasteiger partial charge in [-0.15, -0.1) is 0 Å². The zero-order valence-corrected chi connectivity index (χ0v) is 14.0. The molecule has 0 aliphatic carbocycles. The van der Waals surface area contributed by atoms with E-state index in [0.29, 0.717) is 11.9 Å². The summed E-state index contributed by atoms with van der Waals surface area (Å²) in [7, 11) is 3.08. The van der Waals surface area contributed by atoms with Gasteiger partial charge in [-0.3, -0.25) is 4.98 Å². The van der Waals surface area contributed by atoms with Crippen molar-refractivity contribution >= 4 is 0 Å². The van der Waals surface area contributed by atoms with Gasteiger partial charge in [-0.25, -0.2) is 4.98 Å². The smallest absolute Gasteiger partial charge is 0.319 e. The Bertz CT molecular complexity index is 487. The molecule has 0 unspecified atom stereocenters. The van der Waals surface area contributed by atoms with Crippen molar-refractivity contribution < 1.29 is 9.47 Å².